The average Bonchev–Trinajstić information content (AvgIpc) is 3.03. The number of amides is 1. The van der Waals surface area contributed by atoms with Crippen molar-refractivity contribution in [2.45, 2.75) is 46.6 Å². The van der Waals surface area contributed by atoms with Crippen molar-refractivity contribution < 1.29 is 18.8 Å². The highest BCUT2D eigenvalue weighted by Crippen LogP contribution is 2.32. The molecule has 3 aromatic rings. The van der Waals surface area contributed by atoms with Crippen LogP contribution >= 0.6 is 0 Å². The zero-order valence-electron chi connectivity index (χ0n) is 18.3. The third kappa shape index (κ3) is 4.64. The van der Waals surface area contributed by atoms with Gasteiger partial charge in [-0.15, -0.1) is 0 Å². The molecule has 158 valence electrons. The number of rotatable bonds is 6. The van der Waals surface area contributed by atoms with Crippen molar-refractivity contribution in [1.82, 2.24) is 5.16 Å². The van der Waals surface area contributed by atoms with Gasteiger partial charge < -0.3 is 19.3 Å². The number of hydrogen-bond acceptors (Lipinski definition) is 5. The maximum atomic E-state index is 12.9. The van der Waals surface area contributed by atoms with E-state index in [9.17, 15) is 4.79 Å². The molecule has 1 amide bonds. The molecule has 2 aromatic carbocycles. The number of hydrogen-bond donors (Lipinski definition) is 1. The first-order valence-electron chi connectivity index (χ1n) is 9.84. The average molecular weight is 408 g/mol. The van der Waals surface area contributed by atoms with Crippen molar-refractivity contribution in [2.75, 3.05) is 12.4 Å². The van der Waals surface area contributed by atoms with Crippen molar-refractivity contribution in [3.63, 3.8) is 0 Å². The normalized spacial score (nSPS) is 11.3. The maximum absolute atomic E-state index is 12.9. The lowest BCUT2D eigenvalue weighted by Crippen LogP contribution is -2.18. The van der Waals surface area contributed by atoms with Crippen LogP contribution in [0.5, 0.6) is 11.5 Å². The number of carbonyl (C=O) groups excluding carboxylic acids is 1. The number of benzene rings is 2. The summed E-state index contributed by atoms with van der Waals surface area (Å²) in [7, 11) is 1.55. The third-order valence-electron chi connectivity index (χ3n) is 4.96. The van der Waals surface area contributed by atoms with E-state index in [-0.39, 0.29) is 11.3 Å². The standard InChI is InChI=1S/C24H28N2O4/c1-15-18(16(2)30-26-15)14-29-21-12-11-17(13-22(21)28-6)23(27)25-20-10-8-7-9-19(20)24(3,4)5/h7-13H,14H2,1-6H3,(H,25,27). The van der Waals surface area contributed by atoms with Crippen LogP contribution in [-0.2, 0) is 12.0 Å². The van der Waals surface area contributed by atoms with Crippen LogP contribution in [0.4, 0.5) is 5.69 Å². The Balaban J connectivity index is 1.79. The van der Waals surface area contributed by atoms with Gasteiger partial charge in [0.25, 0.3) is 5.91 Å². The third-order valence-corrected chi connectivity index (χ3v) is 4.96. The minimum Gasteiger partial charge on any atom is -0.493 e. The van der Waals surface area contributed by atoms with Crippen LogP contribution in [0.1, 0.15) is 53.7 Å². The molecule has 0 spiro atoms. The molecule has 3 rings (SSSR count). The van der Waals surface area contributed by atoms with E-state index in [0.717, 1.165) is 28.3 Å². The van der Waals surface area contributed by atoms with Gasteiger partial charge in [-0.2, -0.15) is 0 Å². The zero-order chi connectivity index (χ0) is 21.9. The largest absolute Gasteiger partial charge is 0.493 e. The van der Waals surface area contributed by atoms with Crippen molar-refractivity contribution in [1.29, 1.82) is 0 Å². The highest BCUT2D eigenvalue weighted by atomic mass is 16.5. The molecule has 0 aliphatic heterocycles. The summed E-state index contributed by atoms with van der Waals surface area (Å²) in [5.74, 6) is 1.55. The number of nitrogens with zero attached hydrogens (tertiary/aromatic N) is 1. The molecule has 0 aliphatic rings. The molecule has 0 atom stereocenters. The number of carbonyl (C=O) groups is 1. The number of aromatic nitrogens is 1. The summed E-state index contributed by atoms with van der Waals surface area (Å²) in [5, 5.41) is 6.95. The van der Waals surface area contributed by atoms with Gasteiger partial charge >= 0.3 is 0 Å². The Morgan fingerprint density at radius 1 is 1.10 bits per heavy atom. The summed E-state index contributed by atoms with van der Waals surface area (Å²) in [4.78, 5) is 12.9. The topological polar surface area (TPSA) is 73.6 Å². The molecule has 6 heteroatoms. The van der Waals surface area contributed by atoms with E-state index in [4.69, 9.17) is 14.0 Å². The number of nitrogens with one attached hydrogen (secondary N) is 1. The van der Waals surface area contributed by atoms with E-state index < -0.39 is 0 Å². The first-order chi connectivity index (χ1) is 14.2. The number of ether oxygens (including phenoxy) is 2. The summed E-state index contributed by atoms with van der Waals surface area (Å²) >= 11 is 0. The minimum absolute atomic E-state index is 0.0858. The second kappa shape index (κ2) is 8.61. The molecule has 0 unspecified atom stereocenters. The predicted molar refractivity (Wildman–Crippen MR) is 116 cm³/mol. The van der Waals surface area contributed by atoms with Gasteiger partial charge in [0.15, 0.2) is 11.5 Å². The van der Waals surface area contributed by atoms with Crippen molar-refractivity contribution >= 4 is 11.6 Å². The van der Waals surface area contributed by atoms with Gasteiger partial charge in [0.1, 0.15) is 12.4 Å². The number of aryl methyl sites for hydroxylation is 2. The predicted octanol–water partition coefficient (Wildman–Crippen LogP) is 5.43. The van der Waals surface area contributed by atoms with Gasteiger partial charge in [-0.25, -0.2) is 0 Å². The smallest absolute Gasteiger partial charge is 0.255 e. The molecule has 0 saturated carbocycles. The van der Waals surface area contributed by atoms with Gasteiger partial charge in [-0.1, -0.05) is 44.1 Å². The fraction of sp³-hybridized carbons (Fsp3) is 0.333. The van der Waals surface area contributed by atoms with Crippen LogP contribution < -0.4 is 14.8 Å². The lowest BCUT2D eigenvalue weighted by Gasteiger charge is -2.23. The quantitative estimate of drug-likeness (QED) is 0.589. The summed E-state index contributed by atoms with van der Waals surface area (Å²) in [6.45, 7) is 10.4. The molecule has 1 N–H and O–H groups in total. The first-order valence-corrected chi connectivity index (χ1v) is 9.84. The van der Waals surface area contributed by atoms with Gasteiger partial charge in [0.05, 0.1) is 18.4 Å². The van der Waals surface area contributed by atoms with E-state index >= 15 is 0 Å². The van der Waals surface area contributed by atoms with Crippen LogP contribution in [0, 0.1) is 13.8 Å². The molecule has 0 bridgehead atoms. The van der Waals surface area contributed by atoms with Gasteiger partial charge in [-0.05, 0) is 49.1 Å². The summed E-state index contributed by atoms with van der Waals surface area (Å²) < 4.78 is 16.5. The fourth-order valence-corrected chi connectivity index (χ4v) is 3.23. The van der Waals surface area contributed by atoms with Gasteiger partial charge in [0.2, 0.25) is 0 Å². The Bertz CT molecular complexity index is 1030. The van der Waals surface area contributed by atoms with Crippen LogP contribution in [0.25, 0.3) is 0 Å². The number of methoxy groups -OCH3 is 1. The monoisotopic (exact) mass is 408 g/mol. The lowest BCUT2D eigenvalue weighted by molar-refractivity contribution is 0.102. The Morgan fingerprint density at radius 3 is 2.47 bits per heavy atom. The number of para-hydroxylation sites is 1. The minimum atomic E-state index is -0.206. The summed E-state index contributed by atoms with van der Waals surface area (Å²) in [6.07, 6.45) is 0. The van der Waals surface area contributed by atoms with Crippen molar-refractivity contribution in [3.05, 3.63) is 70.6 Å². The highest BCUT2D eigenvalue weighted by molar-refractivity contribution is 6.05. The van der Waals surface area contributed by atoms with Gasteiger partial charge in [0, 0.05) is 11.3 Å². The second-order valence-electron chi connectivity index (χ2n) is 8.21. The second-order valence-corrected chi connectivity index (χ2v) is 8.21. The van der Waals surface area contributed by atoms with E-state index in [0.29, 0.717) is 23.7 Å². The molecule has 1 heterocycles. The van der Waals surface area contributed by atoms with E-state index in [1.807, 2.05) is 38.1 Å². The van der Waals surface area contributed by atoms with Crippen LogP contribution in [0.2, 0.25) is 0 Å². The molecule has 1 aromatic heterocycles. The number of anilines is 1. The van der Waals surface area contributed by atoms with Crippen LogP contribution in [-0.4, -0.2) is 18.2 Å². The fourth-order valence-electron chi connectivity index (χ4n) is 3.23. The zero-order valence-corrected chi connectivity index (χ0v) is 18.3. The Hall–Kier alpha value is -3.28. The van der Waals surface area contributed by atoms with E-state index in [1.165, 1.54) is 0 Å². The SMILES string of the molecule is COc1cc(C(=O)Nc2ccccc2C(C)(C)C)ccc1OCc1c(C)noc1C. The molecule has 0 fully saturated rings. The van der Waals surface area contributed by atoms with Crippen LogP contribution in [0.15, 0.2) is 47.0 Å². The molecule has 6 nitrogen and oxygen atoms in total. The molecular formula is C24H28N2O4. The molecule has 0 aliphatic carbocycles. The summed E-state index contributed by atoms with van der Waals surface area (Å²) in [5.41, 5.74) is 3.97. The Kier molecular flexibility index (Phi) is 6.15. The molecule has 30 heavy (non-hydrogen) atoms. The Labute approximate surface area is 177 Å². The highest BCUT2D eigenvalue weighted by Gasteiger charge is 2.20. The van der Waals surface area contributed by atoms with E-state index in [2.05, 4.69) is 31.2 Å². The maximum Gasteiger partial charge on any atom is 0.255 e. The van der Waals surface area contributed by atoms with Gasteiger partial charge in [-0.3, -0.25) is 4.79 Å². The first kappa shape index (κ1) is 21.4. The molecule has 0 saturated heterocycles. The van der Waals surface area contributed by atoms with Crippen LogP contribution in [0.3, 0.4) is 0 Å². The van der Waals surface area contributed by atoms with Crippen molar-refractivity contribution in [3.8, 4) is 11.5 Å². The van der Waals surface area contributed by atoms with E-state index in [1.54, 1.807) is 25.3 Å². The lowest BCUT2D eigenvalue weighted by atomic mass is 9.86. The summed E-state index contributed by atoms with van der Waals surface area (Å²) in [6, 6.07) is 13.0. The molecular weight excluding hydrogens is 380 g/mol. The Morgan fingerprint density at radius 2 is 1.83 bits per heavy atom. The molecule has 0 radical (unpaired) electrons. The van der Waals surface area contributed by atoms with Crippen molar-refractivity contribution in [2.24, 2.45) is 0 Å².